The molecular formula is C13H23NO. The van der Waals surface area contributed by atoms with E-state index in [9.17, 15) is 4.79 Å². The normalized spacial score (nSPS) is 35.7. The molecule has 0 aromatic rings. The highest BCUT2D eigenvalue weighted by atomic mass is 16.1. The van der Waals surface area contributed by atoms with E-state index in [-0.39, 0.29) is 17.5 Å². The lowest BCUT2D eigenvalue weighted by Gasteiger charge is -2.38. The molecule has 2 rings (SSSR count). The van der Waals surface area contributed by atoms with Crippen LogP contribution in [-0.2, 0) is 4.79 Å². The molecule has 86 valence electrons. The van der Waals surface area contributed by atoms with E-state index in [1.807, 2.05) is 13.8 Å². The van der Waals surface area contributed by atoms with Gasteiger partial charge in [0.05, 0.1) is 6.04 Å². The Bertz CT molecular complexity index is 277. The van der Waals surface area contributed by atoms with Crippen LogP contribution in [-0.4, -0.2) is 28.8 Å². The number of likely N-dealkylation sites (tertiary alicyclic amines) is 1. The van der Waals surface area contributed by atoms with Crippen LogP contribution < -0.4 is 0 Å². The first kappa shape index (κ1) is 11.1. The lowest BCUT2D eigenvalue weighted by molar-refractivity contribution is -0.129. The molecule has 0 radical (unpaired) electrons. The van der Waals surface area contributed by atoms with Crippen molar-refractivity contribution >= 4 is 5.78 Å². The van der Waals surface area contributed by atoms with Gasteiger partial charge in [-0.25, -0.2) is 0 Å². The third kappa shape index (κ3) is 1.84. The summed E-state index contributed by atoms with van der Waals surface area (Å²) < 4.78 is 0. The summed E-state index contributed by atoms with van der Waals surface area (Å²) in [5.74, 6) is 2.13. The minimum absolute atomic E-state index is 0.142. The molecule has 15 heavy (non-hydrogen) atoms. The largest absolute Gasteiger partial charge is 0.298 e. The van der Waals surface area contributed by atoms with E-state index >= 15 is 0 Å². The minimum Gasteiger partial charge on any atom is -0.298 e. The van der Waals surface area contributed by atoms with Gasteiger partial charge in [-0.15, -0.1) is 0 Å². The molecule has 0 bridgehead atoms. The van der Waals surface area contributed by atoms with Gasteiger partial charge in [-0.2, -0.15) is 0 Å². The molecule has 2 aliphatic rings. The second-order valence-corrected chi connectivity index (χ2v) is 6.48. The molecule has 0 N–H and O–H groups in total. The molecule has 1 saturated heterocycles. The fourth-order valence-corrected chi connectivity index (χ4v) is 2.86. The number of nitrogens with zero attached hydrogens (tertiary/aromatic N) is 1. The van der Waals surface area contributed by atoms with Gasteiger partial charge in [0.15, 0.2) is 5.78 Å². The second kappa shape index (κ2) is 3.31. The maximum absolute atomic E-state index is 12.2. The predicted octanol–water partition coefficient (Wildman–Crippen LogP) is 2.33. The number of Topliss-reactive ketones (excluding diaryl/α,β-unsaturated/α-hetero) is 1. The zero-order valence-electron chi connectivity index (χ0n) is 10.6. The maximum Gasteiger partial charge on any atom is 0.152 e. The Morgan fingerprint density at radius 1 is 1.33 bits per heavy atom. The van der Waals surface area contributed by atoms with Crippen LogP contribution in [0.1, 0.15) is 41.0 Å². The highest BCUT2D eigenvalue weighted by molar-refractivity contribution is 5.87. The van der Waals surface area contributed by atoms with Gasteiger partial charge in [0.1, 0.15) is 0 Å². The number of hydrogen-bond acceptors (Lipinski definition) is 2. The Kier molecular flexibility index (Phi) is 2.45. The Hall–Kier alpha value is -0.370. The smallest absolute Gasteiger partial charge is 0.152 e. The molecule has 1 heterocycles. The van der Waals surface area contributed by atoms with Crippen LogP contribution in [0.5, 0.6) is 0 Å². The molecule has 1 aliphatic heterocycles. The summed E-state index contributed by atoms with van der Waals surface area (Å²) in [4.78, 5) is 14.6. The fourth-order valence-electron chi connectivity index (χ4n) is 2.86. The molecule has 0 unspecified atom stereocenters. The quantitative estimate of drug-likeness (QED) is 0.695. The summed E-state index contributed by atoms with van der Waals surface area (Å²) in [6.45, 7) is 11.9. The highest BCUT2D eigenvalue weighted by Crippen LogP contribution is 2.52. The van der Waals surface area contributed by atoms with Crippen molar-refractivity contribution in [3.63, 3.8) is 0 Å². The summed E-state index contributed by atoms with van der Waals surface area (Å²) in [6, 6.07) is 0.218. The second-order valence-electron chi connectivity index (χ2n) is 6.48. The molecule has 0 aromatic carbocycles. The van der Waals surface area contributed by atoms with Gasteiger partial charge in [0, 0.05) is 18.0 Å². The standard InChI is InChI=1S/C13H23NO/c1-8(2)12(15)11-10-6-9(10)7-14(11)13(3,4)5/h8-11H,6-7H2,1-5H3/t9-,10-,11+/m1/s1. The molecule has 3 atom stereocenters. The minimum atomic E-state index is 0.142. The number of carbonyl (C=O) groups is 1. The van der Waals surface area contributed by atoms with E-state index < -0.39 is 0 Å². The average Bonchev–Trinajstić information content (AvgIpc) is 2.74. The summed E-state index contributed by atoms with van der Waals surface area (Å²) in [5, 5.41) is 0. The number of ketones is 1. The summed E-state index contributed by atoms with van der Waals surface area (Å²) in [7, 11) is 0. The van der Waals surface area contributed by atoms with Gasteiger partial charge >= 0.3 is 0 Å². The number of rotatable bonds is 2. The number of hydrogen-bond donors (Lipinski definition) is 0. The SMILES string of the molecule is CC(C)C(=O)[C@@H]1[C@@H]2C[C@@H]2CN1C(C)(C)C. The van der Waals surface area contributed by atoms with Crippen LogP contribution in [0, 0.1) is 17.8 Å². The topological polar surface area (TPSA) is 20.3 Å². The van der Waals surface area contributed by atoms with Crippen molar-refractivity contribution in [2.24, 2.45) is 17.8 Å². The summed E-state index contributed by atoms with van der Waals surface area (Å²) in [5.41, 5.74) is 0.142. The van der Waals surface area contributed by atoms with Gasteiger partial charge in [0.2, 0.25) is 0 Å². The number of piperidine rings is 1. The van der Waals surface area contributed by atoms with Gasteiger partial charge in [-0.1, -0.05) is 13.8 Å². The van der Waals surface area contributed by atoms with Crippen molar-refractivity contribution in [1.82, 2.24) is 4.90 Å². The van der Waals surface area contributed by atoms with Crippen LogP contribution in [0.4, 0.5) is 0 Å². The van der Waals surface area contributed by atoms with Gasteiger partial charge < -0.3 is 0 Å². The van der Waals surface area contributed by atoms with Crippen LogP contribution in [0.25, 0.3) is 0 Å². The first-order valence-electron chi connectivity index (χ1n) is 6.13. The summed E-state index contributed by atoms with van der Waals surface area (Å²) in [6.07, 6.45) is 1.29. The van der Waals surface area contributed by atoms with E-state index in [1.165, 1.54) is 6.42 Å². The predicted molar refractivity (Wildman–Crippen MR) is 61.7 cm³/mol. The maximum atomic E-state index is 12.2. The molecule has 1 aliphatic carbocycles. The van der Waals surface area contributed by atoms with Crippen LogP contribution in [0.3, 0.4) is 0 Å². The number of fused-ring (bicyclic) bond motifs is 1. The lowest BCUT2D eigenvalue weighted by atomic mass is 9.94. The summed E-state index contributed by atoms with van der Waals surface area (Å²) >= 11 is 0. The highest BCUT2D eigenvalue weighted by Gasteiger charge is 2.57. The van der Waals surface area contributed by atoms with Crippen LogP contribution >= 0.6 is 0 Å². The van der Waals surface area contributed by atoms with Crippen molar-refractivity contribution < 1.29 is 4.79 Å². The van der Waals surface area contributed by atoms with E-state index in [0.717, 1.165) is 12.5 Å². The van der Waals surface area contributed by atoms with E-state index in [0.29, 0.717) is 11.7 Å². The van der Waals surface area contributed by atoms with Crippen LogP contribution in [0.2, 0.25) is 0 Å². The first-order chi connectivity index (χ1) is 6.82. The molecular weight excluding hydrogens is 186 g/mol. The molecule has 1 saturated carbocycles. The van der Waals surface area contributed by atoms with Crippen molar-refractivity contribution in [2.45, 2.75) is 52.6 Å². The third-order valence-electron chi connectivity index (χ3n) is 3.87. The van der Waals surface area contributed by atoms with E-state index in [4.69, 9.17) is 0 Å². The fraction of sp³-hybridized carbons (Fsp3) is 0.923. The molecule has 0 amide bonds. The first-order valence-corrected chi connectivity index (χ1v) is 6.13. The lowest BCUT2D eigenvalue weighted by Crippen LogP contribution is -2.51. The van der Waals surface area contributed by atoms with Gasteiger partial charge in [-0.3, -0.25) is 9.69 Å². The van der Waals surface area contributed by atoms with Gasteiger partial charge in [0.25, 0.3) is 0 Å². The zero-order chi connectivity index (χ0) is 11.4. The zero-order valence-corrected chi connectivity index (χ0v) is 10.6. The van der Waals surface area contributed by atoms with E-state index in [1.54, 1.807) is 0 Å². The Labute approximate surface area is 93.0 Å². The van der Waals surface area contributed by atoms with Crippen LogP contribution in [0.15, 0.2) is 0 Å². The monoisotopic (exact) mass is 209 g/mol. The average molecular weight is 209 g/mol. The Balaban J connectivity index is 2.17. The third-order valence-corrected chi connectivity index (χ3v) is 3.87. The molecule has 2 fully saturated rings. The molecule has 2 nitrogen and oxygen atoms in total. The van der Waals surface area contributed by atoms with Gasteiger partial charge in [-0.05, 0) is 39.0 Å². The molecule has 0 aromatic heterocycles. The Morgan fingerprint density at radius 2 is 1.93 bits per heavy atom. The molecule has 2 heteroatoms. The Morgan fingerprint density at radius 3 is 2.40 bits per heavy atom. The van der Waals surface area contributed by atoms with Crippen molar-refractivity contribution in [1.29, 1.82) is 0 Å². The number of carbonyl (C=O) groups excluding carboxylic acids is 1. The van der Waals surface area contributed by atoms with E-state index in [2.05, 4.69) is 25.7 Å². The van der Waals surface area contributed by atoms with Crippen molar-refractivity contribution in [3.8, 4) is 0 Å². The molecule has 0 spiro atoms. The van der Waals surface area contributed by atoms with Crippen molar-refractivity contribution in [3.05, 3.63) is 0 Å². The van der Waals surface area contributed by atoms with Crippen molar-refractivity contribution in [2.75, 3.05) is 6.54 Å².